The van der Waals surface area contributed by atoms with Crippen LogP contribution in [0.1, 0.15) is 59.5 Å². The van der Waals surface area contributed by atoms with Crippen LogP contribution in [0.2, 0.25) is 0 Å². The number of carbonyl (C=O) groups excluding carboxylic acids is 1. The Bertz CT molecular complexity index is 712. The fourth-order valence-electron chi connectivity index (χ4n) is 3.82. The van der Waals surface area contributed by atoms with Crippen LogP contribution in [0.25, 0.3) is 0 Å². The molecule has 3 heterocycles. The maximum absolute atomic E-state index is 12.5. The van der Waals surface area contributed by atoms with Crippen molar-refractivity contribution in [3.8, 4) is 0 Å². The molecule has 0 spiro atoms. The summed E-state index contributed by atoms with van der Waals surface area (Å²) in [5.74, 6) is 1.12. The van der Waals surface area contributed by atoms with Gasteiger partial charge in [0.15, 0.2) is 11.5 Å². The standard InChI is InChI=1S/C17H24N6O/c24-17(16-13-10-18-7-6-14(13)21-23-16)19-15-9-12(20-22-15)8-11-4-2-1-3-5-11/h9,11,18H,1-8,10H2,(H,21,23)(H2,19,20,22,24). The van der Waals surface area contributed by atoms with Crippen molar-refractivity contribution >= 4 is 11.7 Å². The molecule has 7 heteroatoms. The number of aromatic nitrogens is 4. The molecule has 7 nitrogen and oxygen atoms in total. The number of nitrogens with zero attached hydrogens (tertiary/aromatic N) is 2. The Morgan fingerprint density at radius 3 is 2.96 bits per heavy atom. The summed E-state index contributed by atoms with van der Waals surface area (Å²) in [7, 11) is 0. The second-order valence-electron chi connectivity index (χ2n) is 6.90. The third-order valence-electron chi connectivity index (χ3n) is 5.13. The molecule has 4 N–H and O–H groups in total. The van der Waals surface area contributed by atoms with Crippen LogP contribution in [-0.4, -0.2) is 32.8 Å². The van der Waals surface area contributed by atoms with Gasteiger partial charge in [0.25, 0.3) is 5.91 Å². The van der Waals surface area contributed by atoms with E-state index in [1.54, 1.807) is 0 Å². The lowest BCUT2D eigenvalue weighted by atomic mass is 9.86. The van der Waals surface area contributed by atoms with Gasteiger partial charge in [-0.3, -0.25) is 15.0 Å². The van der Waals surface area contributed by atoms with Gasteiger partial charge in [-0.1, -0.05) is 32.1 Å². The molecule has 2 aromatic rings. The zero-order valence-electron chi connectivity index (χ0n) is 13.8. The molecule has 1 fully saturated rings. The summed E-state index contributed by atoms with van der Waals surface area (Å²) in [5.41, 5.74) is 3.59. The number of fused-ring (bicyclic) bond motifs is 1. The first-order valence-electron chi connectivity index (χ1n) is 8.92. The van der Waals surface area contributed by atoms with Crippen molar-refractivity contribution < 1.29 is 4.79 Å². The van der Waals surface area contributed by atoms with Crippen LogP contribution >= 0.6 is 0 Å². The quantitative estimate of drug-likeness (QED) is 0.691. The van der Waals surface area contributed by atoms with Crippen LogP contribution in [0.5, 0.6) is 0 Å². The topological polar surface area (TPSA) is 98.5 Å². The summed E-state index contributed by atoms with van der Waals surface area (Å²) in [6, 6.07) is 1.95. The minimum atomic E-state index is -0.202. The van der Waals surface area contributed by atoms with Crippen LogP contribution in [0.4, 0.5) is 5.82 Å². The summed E-state index contributed by atoms with van der Waals surface area (Å²) in [6.07, 6.45) is 8.53. The Labute approximate surface area is 141 Å². The number of nitrogens with one attached hydrogen (secondary N) is 4. The Morgan fingerprint density at radius 2 is 2.08 bits per heavy atom. The van der Waals surface area contributed by atoms with Crippen molar-refractivity contribution in [2.45, 2.75) is 51.5 Å². The number of carbonyl (C=O) groups is 1. The fraction of sp³-hybridized carbons (Fsp3) is 0.588. The molecule has 1 saturated carbocycles. The fourth-order valence-corrected chi connectivity index (χ4v) is 3.82. The monoisotopic (exact) mass is 328 g/mol. The number of hydrogen-bond acceptors (Lipinski definition) is 4. The lowest BCUT2D eigenvalue weighted by Gasteiger charge is -2.20. The highest BCUT2D eigenvalue weighted by molar-refractivity contribution is 6.03. The van der Waals surface area contributed by atoms with Gasteiger partial charge < -0.3 is 10.6 Å². The second-order valence-corrected chi connectivity index (χ2v) is 6.90. The van der Waals surface area contributed by atoms with Gasteiger partial charge in [0.05, 0.1) is 0 Å². The first kappa shape index (κ1) is 15.4. The Hall–Kier alpha value is -2.15. The predicted molar refractivity (Wildman–Crippen MR) is 90.8 cm³/mol. The van der Waals surface area contributed by atoms with E-state index in [4.69, 9.17) is 0 Å². The van der Waals surface area contributed by atoms with Crippen LogP contribution in [0, 0.1) is 5.92 Å². The molecular weight excluding hydrogens is 304 g/mol. The molecule has 0 bridgehead atoms. The average Bonchev–Trinajstić information content (AvgIpc) is 3.22. The van der Waals surface area contributed by atoms with Gasteiger partial charge in [-0.2, -0.15) is 10.2 Å². The molecule has 4 rings (SSSR count). The molecule has 1 aliphatic carbocycles. The van der Waals surface area contributed by atoms with Crippen LogP contribution in [0.15, 0.2) is 6.07 Å². The van der Waals surface area contributed by atoms with Gasteiger partial charge in [-0.15, -0.1) is 0 Å². The summed E-state index contributed by atoms with van der Waals surface area (Å²) in [6.45, 7) is 1.60. The van der Waals surface area contributed by atoms with Crippen molar-refractivity contribution in [3.05, 3.63) is 28.7 Å². The maximum Gasteiger partial charge on any atom is 0.277 e. The number of H-pyrrole nitrogens is 2. The van der Waals surface area contributed by atoms with E-state index in [0.29, 0.717) is 18.1 Å². The third kappa shape index (κ3) is 3.21. The smallest absolute Gasteiger partial charge is 0.277 e. The van der Waals surface area contributed by atoms with Gasteiger partial charge in [-0.05, 0) is 12.3 Å². The summed E-state index contributed by atoms with van der Waals surface area (Å²) < 4.78 is 0. The van der Waals surface area contributed by atoms with Gasteiger partial charge in [-0.25, -0.2) is 0 Å². The lowest BCUT2D eigenvalue weighted by Crippen LogP contribution is -2.25. The molecule has 24 heavy (non-hydrogen) atoms. The molecule has 0 radical (unpaired) electrons. The van der Waals surface area contributed by atoms with Crippen LogP contribution < -0.4 is 10.6 Å². The van der Waals surface area contributed by atoms with Crippen molar-refractivity contribution in [2.24, 2.45) is 5.92 Å². The normalized spacial score (nSPS) is 18.3. The summed E-state index contributed by atoms with van der Waals surface area (Å²) in [5, 5.41) is 20.6. The number of hydrogen-bond donors (Lipinski definition) is 4. The molecule has 2 aromatic heterocycles. The highest BCUT2D eigenvalue weighted by Gasteiger charge is 2.22. The van der Waals surface area contributed by atoms with Crippen molar-refractivity contribution in [3.63, 3.8) is 0 Å². The number of rotatable bonds is 4. The van der Waals surface area contributed by atoms with Gasteiger partial charge in [0.1, 0.15) is 0 Å². The predicted octanol–water partition coefficient (Wildman–Crippen LogP) is 2.15. The Kier molecular flexibility index (Phi) is 4.34. The van der Waals surface area contributed by atoms with Gasteiger partial charge >= 0.3 is 0 Å². The third-order valence-corrected chi connectivity index (χ3v) is 5.13. The minimum absolute atomic E-state index is 0.202. The van der Waals surface area contributed by atoms with E-state index in [1.165, 1.54) is 32.1 Å². The zero-order valence-corrected chi connectivity index (χ0v) is 13.8. The van der Waals surface area contributed by atoms with E-state index in [2.05, 4.69) is 31.0 Å². The van der Waals surface area contributed by atoms with E-state index in [9.17, 15) is 4.79 Å². The summed E-state index contributed by atoms with van der Waals surface area (Å²) >= 11 is 0. The second kappa shape index (κ2) is 6.76. The van der Waals surface area contributed by atoms with Crippen LogP contribution in [0.3, 0.4) is 0 Å². The molecule has 0 aromatic carbocycles. The van der Waals surface area contributed by atoms with E-state index >= 15 is 0 Å². The molecule has 2 aliphatic rings. The highest BCUT2D eigenvalue weighted by Crippen LogP contribution is 2.27. The maximum atomic E-state index is 12.5. The average molecular weight is 328 g/mol. The molecule has 1 amide bonds. The number of aromatic amines is 2. The highest BCUT2D eigenvalue weighted by atomic mass is 16.2. The van der Waals surface area contributed by atoms with E-state index in [0.717, 1.165) is 42.3 Å². The van der Waals surface area contributed by atoms with Gasteiger partial charge in [0, 0.05) is 42.5 Å². The van der Waals surface area contributed by atoms with Crippen LogP contribution in [-0.2, 0) is 19.4 Å². The van der Waals surface area contributed by atoms with Crippen molar-refractivity contribution in [1.29, 1.82) is 0 Å². The lowest BCUT2D eigenvalue weighted by molar-refractivity contribution is 0.102. The minimum Gasteiger partial charge on any atom is -0.312 e. The van der Waals surface area contributed by atoms with E-state index < -0.39 is 0 Å². The summed E-state index contributed by atoms with van der Waals surface area (Å²) in [4.78, 5) is 12.5. The Morgan fingerprint density at radius 1 is 1.21 bits per heavy atom. The van der Waals surface area contributed by atoms with Gasteiger partial charge in [0.2, 0.25) is 0 Å². The molecule has 0 atom stereocenters. The largest absolute Gasteiger partial charge is 0.312 e. The molecular formula is C17H24N6O. The van der Waals surface area contributed by atoms with E-state index in [1.807, 2.05) is 6.07 Å². The zero-order chi connectivity index (χ0) is 16.4. The molecule has 128 valence electrons. The first-order valence-corrected chi connectivity index (χ1v) is 8.92. The van der Waals surface area contributed by atoms with Crippen molar-refractivity contribution in [1.82, 2.24) is 25.7 Å². The van der Waals surface area contributed by atoms with E-state index in [-0.39, 0.29) is 5.91 Å². The number of amides is 1. The number of anilines is 1. The first-order chi connectivity index (χ1) is 11.8. The SMILES string of the molecule is O=C(Nc1cc(CC2CCCCC2)[nH]n1)c1n[nH]c2c1CNCC2. The molecule has 0 unspecified atom stereocenters. The molecule has 1 aliphatic heterocycles. The molecule has 0 saturated heterocycles. The Balaban J connectivity index is 1.40. The van der Waals surface area contributed by atoms with Crippen molar-refractivity contribution in [2.75, 3.05) is 11.9 Å².